The molecule has 3 N–H and O–H groups in total. The summed E-state index contributed by atoms with van der Waals surface area (Å²) in [5.74, 6) is 0.151. The molecule has 0 amide bonds. The zero-order chi connectivity index (χ0) is 14.1. The van der Waals surface area contributed by atoms with Crippen LogP contribution in [-0.4, -0.2) is 10.8 Å². The molecule has 0 bridgehead atoms. The van der Waals surface area contributed by atoms with Gasteiger partial charge in [-0.05, 0) is 30.3 Å². The number of hydrogen-bond acceptors (Lipinski definition) is 4. The van der Waals surface area contributed by atoms with E-state index in [4.69, 9.17) is 15.9 Å². The number of fused-ring (bicyclic) bond motifs is 1. The summed E-state index contributed by atoms with van der Waals surface area (Å²) in [4.78, 5) is 4.21. The van der Waals surface area contributed by atoms with Crippen molar-refractivity contribution in [2.75, 3.05) is 0 Å². The largest absolute Gasteiger partial charge is 0.457 e. The maximum atomic E-state index is 13.4. The van der Waals surface area contributed by atoms with Gasteiger partial charge in [-0.15, -0.1) is 11.3 Å². The van der Waals surface area contributed by atoms with Crippen molar-refractivity contribution in [2.24, 2.45) is 5.73 Å². The van der Waals surface area contributed by atoms with E-state index in [1.165, 1.54) is 18.2 Å². The molecule has 1 heterocycles. The van der Waals surface area contributed by atoms with Crippen molar-refractivity contribution in [1.29, 1.82) is 5.41 Å². The van der Waals surface area contributed by atoms with Gasteiger partial charge in [-0.3, -0.25) is 5.41 Å². The van der Waals surface area contributed by atoms with E-state index in [0.29, 0.717) is 11.5 Å². The van der Waals surface area contributed by atoms with Crippen molar-refractivity contribution in [3.63, 3.8) is 0 Å². The summed E-state index contributed by atoms with van der Waals surface area (Å²) in [6.07, 6.45) is 0. The maximum Gasteiger partial charge on any atom is 0.134 e. The van der Waals surface area contributed by atoms with Crippen LogP contribution in [0.15, 0.2) is 41.9 Å². The molecule has 100 valence electrons. The van der Waals surface area contributed by atoms with E-state index in [9.17, 15) is 4.39 Å². The highest BCUT2D eigenvalue weighted by Gasteiger charge is 2.08. The summed E-state index contributed by atoms with van der Waals surface area (Å²) in [6, 6.07) is 9.67. The molecule has 3 aromatic rings. The van der Waals surface area contributed by atoms with Gasteiger partial charge in [0.05, 0.1) is 21.3 Å². The quantitative estimate of drug-likeness (QED) is 0.572. The summed E-state index contributed by atoms with van der Waals surface area (Å²) in [5.41, 5.74) is 7.95. The molecule has 0 spiro atoms. The van der Waals surface area contributed by atoms with Crippen LogP contribution < -0.4 is 10.5 Å². The highest BCUT2D eigenvalue weighted by Crippen LogP contribution is 2.27. The average Bonchev–Trinajstić information content (AvgIpc) is 2.88. The average molecular weight is 287 g/mol. The van der Waals surface area contributed by atoms with Crippen molar-refractivity contribution in [1.82, 2.24) is 4.98 Å². The van der Waals surface area contributed by atoms with E-state index in [1.807, 2.05) is 18.2 Å². The lowest BCUT2D eigenvalue weighted by Crippen LogP contribution is -2.13. The fraction of sp³-hybridized carbons (Fsp3) is 0. The fourth-order valence-corrected chi connectivity index (χ4v) is 2.47. The molecule has 0 saturated heterocycles. The molecule has 0 aliphatic heterocycles. The lowest BCUT2D eigenvalue weighted by Gasteiger charge is -2.08. The Kier molecular flexibility index (Phi) is 3.08. The van der Waals surface area contributed by atoms with Crippen LogP contribution in [0.3, 0.4) is 0 Å². The Labute approximate surface area is 118 Å². The number of nitrogens with zero attached hydrogens (tertiary/aromatic N) is 1. The van der Waals surface area contributed by atoms with Crippen LogP contribution in [0.4, 0.5) is 4.39 Å². The molecular formula is C14H10FN3OS. The molecule has 0 aliphatic rings. The molecule has 0 unspecified atom stereocenters. The number of amidine groups is 1. The van der Waals surface area contributed by atoms with Crippen LogP contribution in [0.25, 0.3) is 10.2 Å². The molecular weight excluding hydrogens is 277 g/mol. The monoisotopic (exact) mass is 287 g/mol. The number of rotatable bonds is 3. The van der Waals surface area contributed by atoms with E-state index in [-0.39, 0.29) is 11.4 Å². The number of nitrogens with one attached hydrogen (secondary N) is 1. The van der Waals surface area contributed by atoms with Crippen LogP contribution >= 0.6 is 11.3 Å². The van der Waals surface area contributed by atoms with Crippen LogP contribution in [0.1, 0.15) is 5.56 Å². The normalized spacial score (nSPS) is 10.7. The molecule has 0 radical (unpaired) electrons. The first-order valence-electron chi connectivity index (χ1n) is 5.78. The second-order valence-corrected chi connectivity index (χ2v) is 5.03. The second-order valence-electron chi connectivity index (χ2n) is 4.14. The molecule has 0 atom stereocenters. The summed E-state index contributed by atoms with van der Waals surface area (Å²) < 4.78 is 20.2. The molecule has 0 saturated carbocycles. The molecule has 0 aliphatic carbocycles. The van der Waals surface area contributed by atoms with Crippen LogP contribution in [0.5, 0.6) is 11.5 Å². The van der Waals surface area contributed by atoms with E-state index in [2.05, 4.69) is 4.98 Å². The second kappa shape index (κ2) is 4.90. The number of ether oxygens (including phenoxy) is 1. The highest BCUT2D eigenvalue weighted by molar-refractivity contribution is 7.16. The first kappa shape index (κ1) is 12.6. The zero-order valence-electron chi connectivity index (χ0n) is 10.3. The third kappa shape index (κ3) is 2.33. The van der Waals surface area contributed by atoms with Gasteiger partial charge in [0.2, 0.25) is 0 Å². The summed E-state index contributed by atoms with van der Waals surface area (Å²) >= 11 is 1.55. The predicted molar refractivity (Wildman–Crippen MR) is 77.1 cm³/mol. The Morgan fingerprint density at radius 2 is 1.95 bits per heavy atom. The SMILES string of the molecule is N=C(N)c1cc(Oc2ccc3scnc3c2)ccc1F. The van der Waals surface area contributed by atoms with E-state index in [1.54, 1.807) is 16.8 Å². The number of nitrogen functional groups attached to an aromatic ring is 1. The zero-order valence-corrected chi connectivity index (χ0v) is 11.1. The van der Waals surface area contributed by atoms with E-state index >= 15 is 0 Å². The fourth-order valence-electron chi connectivity index (χ4n) is 1.81. The highest BCUT2D eigenvalue weighted by atomic mass is 32.1. The van der Waals surface area contributed by atoms with Gasteiger partial charge in [0.1, 0.15) is 23.2 Å². The standard InChI is InChI=1S/C14H10FN3OS/c15-11-3-1-8(5-10(11)14(16)17)19-9-2-4-13-12(6-9)18-7-20-13/h1-7H,(H3,16,17). The number of nitrogens with two attached hydrogens (primary N) is 1. The first-order valence-corrected chi connectivity index (χ1v) is 6.66. The van der Waals surface area contributed by atoms with Gasteiger partial charge in [-0.1, -0.05) is 0 Å². The Hall–Kier alpha value is -2.47. The molecule has 2 aromatic carbocycles. The predicted octanol–water partition coefficient (Wildman–Crippen LogP) is 3.51. The minimum Gasteiger partial charge on any atom is -0.457 e. The van der Waals surface area contributed by atoms with Crippen molar-refractivity contribution in [3.05, 3.63) is 53.3 Å². The molecule has 4 nitrogen and oxygen atoms in total. The minimum atomic E-state index is -0.542. The lowest BCUT2D eigenvalue weighted by atomic mass is 10.2. The van der Waals surface area contributed by atoms with Crippen molar-refractivity contribution in [3.8, 4) is 11.5 Å². The van der Waals surface area contributed by atoms with Crippen LogP contribution in [-0.2, 0) is 0 Å². The topological polar surface area (TPSA) is 72.0 Å². The van der Waals surface area contributed by atoms with Gasteiger partial charge in [0.25, 0.3) is 0 Å². The molecule has 1 aromatic heterocycles. The third-order valence-electron chi connectivity index (χ3n) is 2.77. The van der Waals surface area contributed by atoms with Gasteiger partial charge < -0.3 is 10.5 Å². The Bertz CT molecular complexity index is 800. The van der Waals surface area contributed by atoms with Crippen LogP contribution in [0.2, 0.25) is 0 Å². The number of benzene rings is 2. The molecule has 20 heavy (non-hydrogen) atoms. The molecule has 0 fully saturated rings. The minimum absolute atomic E-state index is 0.0252. The number of thiazole rings is 1. The Morgan fingerprint density at radius 1 is 1.20 bits per heavy atom. The van der Waals surface area contributed by atoms with Crippen molar-refractivity contribution >= 4 is 27.4 Å². The number of halogens is 1. The van der Waals surface area contributed by atoms with Crippen molar-refractivity contribution in [2.45, 2.75) is 0 Å². The summed E-state index contributed by atoms with van der Waals surface area (Å²) in [6.45, 7) is 0. The summed E-state index contributed by atoms with van der Waals surface area (Å²) in [5, 5.41) is 7.31. The third-order valence-corrected chi connectivity index (χ3v) is 3.58. The lowest BCUT2D eigenvalue weighted by molar-refractivity contribution is 0.481. The number of hydrogen-bond donors (Lipinski definition) is 2. The first-order chi connectivity index (χ1) is 9.63. The Balaban J connectivity index is 1.94. The smallest absolute Gasteiger partial charge is 0.134 e. The number of aromatic nitrogens is 1. The van der Waals surface area contributed by atoms with Gasteiger partial charge in [-0.2, -0.15) is 0 Å². The van der Waals surface area contributed by atoms with Crippen molar-refractivity contribution < 1.29 is 9.13 Å². The Morgan fingerprint density at radius 3 is 2.75 bits per heavy atom. The van der Waals surface area contributed by atoms with Gasteiger partial charge in [0.15, 0.2) is 0 Å². The van der Waals surface area contributed by atoms with E-state index < -0.39 is 5.82 Å². The van der Waals surface area contributed by atoms with Gasteiger partial charge in [-0.25, -0.2) is 9.37 Å². The van der Waals surface area contributed by atoms with Crippen LogP contribution in [0, 0.1) is 11.2 Å². The molecule has 3 rings (SSSR count). The maximum absolute atomic E-state index is 13.4. The van der Waals surface area contributed by atoms with Gasteiger partial charge in [0, 0.05) is 6.07 Å². The molecule has 6 heteroatoms. The van der Waals surface area contributed by atoms with E-state index in [0.717, 1.165) is 10.2 Å². The van der Waals surface area contributed by atoms with Gasteiger partial charge >= 0.3 is 0 Å². The summed E-state index contributed by atoms with van der Waals surface area (Å²) in [7, 11) is 0.